The highest BCUT2D eigenvalue weighted by atomic mass is 19.1. The zero-order valence-electron chi connectivity index (χ0n) is 18.7. The number of hydrogen-bond acceptors (Lipinski definition) is 5. The zero-order chi connectivity index (χ0) is 23.1. The van der Waals surface area contributed by atoms with E-state index in [1.165, 1.54) is 12.1 Å². The van der Waals surface area contributed by atoms with Gasteiger partial charge in [0.05, 0.1) is 24.3 Å². The van der Waals surface area contributed by atoms with E-state index in [0.29, 0.717) is 42.2 Å². The van der Waals surface area contributed by atoms with E-state index < -0.39 is 0 Å². The highest BCUT2D eigenvalue weighted by Crippen LogP contribution is 2.35. The molecule has 1 atom stereocenters. The Bertz CT molecular complexity index is 1240. The van der Waals surface area contributed by atoms with Crippen LogP contribution in [0.15, 0.2) is 36.7 Å². The Morgan fingerprint density at radius 2 is 2.09 bits per heavy atom. The van der Waals surface area contributed by atoms with E-state index in [1.54, 1.807) is 46.1 Å². The lowest BCUT2D eigenvalue weighted by atomic mass is 10.0. The third-order valence-electron chi connectivity index (χ3n) is 6.35. The molecule has 0 saturated carbocycles. The van der Waals surface area contributed by atoms with E-state index in [-0.39, 0.29) is 30.2 Å². The van der Waals surface area contributed by atoms with Crippen molar-refractivity contribution in [3.8, 4) is 0 Å². The molecule has 33 heavy (non-hydrogen) atoms. The summed E-state index contributed by atoms with van der Waals surface area (Å²) >= 11 is 0. The minimum atomic E-state index is -0.341. The van der Waals surface area contributed by atoms with Crippen LogP contribution in [0.1, 0.15) is 58.3 Å². The lowest BCUT2D eigenvalue weighted by Gasteiger charge is -2.31. The predicted octanol–water partition coefficient (Wildman–Crippen LogP) is 3.11. The maximum Gasteiger partial charge on any atom is 0.257 e. The van der Waals surface area contributed by atoms with Crippen LogP contribution in [-0.4, -0.2) is 43.0 Å². The average molecular weight is 449 g/mol. The minimum Gasteiger partial charge on any atom is -0.328 e. The van der Waals surface area contributed by atoms with Gasteiger partial charge >= 0.3 is 0 Å². The summed E-state index contributed by atoms with van der Waals surface area (Å²) in [7, 11) is 1.78. The van der Waals surface area contributed by atoms with Gasteiger partial charge in [0.1, 0.15) is 11.6 Å². The van der Waals surface area contributed by atoms with Crippen LogP contribution >= 0.6 is 0 Å². The summed E-state index contributed by atoms with van der Waals surface area (Å²) in [6.07, 6.45) is 5.81. The molecular formula is C24H25FN6O2. The normalized spacial score (nSPS) is 18.0. The molecule has 9 heteroatoms. The van der Waals surface area contributed by atoms with Crippen LogP contribution in [0.25, 0.3) is 0 Å². The Hall–Kier alpha value is -3.62. The molecule has 0 radical (unpaired) electrons. The van der Waals surface area contributed by atoms with Crippen LogP contribution in [0.3, 0.4) is 0 Å². The van der Waals surface area contributed by atoms with Gasteiger partial charge in [0.2, 0.25) is 5.91 Å². The Kier molecular flexibility index (Phi) is 5.39. The van der Waals surface area contributed by atoms with Crippen molar-refractivity contribution in [3.63, 3.8) is 0 Å². The van der Waals surface area contributed by atoms with Crippen LogP contribution in [0.5, 0.6) is 0 Å². The first-order valence-corrected chi connectivity index (χ1v) is 11.1. The van der Waals surface area contributed by atoms with Gasteiger partial charge in [-0.1, -0.05) is 12.1 Å². The highest BCUT2D eigenvalue weighted by molar-refractivity contribution is 5.95. The first kappa shape index (κ1) is 21.2. The first-order valence-electron chi connectivity index (χ1n) is 11.1. The third kappa shape index (κ3) is 3.99. The van der Waals surface area contributed by atoms with Crippen LogP contribution in [0.2, 0.25) is 0 Å². The average Bonchev–Trinajstić information content (AvgIpc) is 3.44. The van der Waals surface area contributed by atoms with E-state index in [2.05, 4.69) is 5.10 Å². The van der Waals surface area contributed by atoms with Gasteiger partial charge in [0.15, 0.2) is 5.82 Å². The number of carbonyl (C=O) groups is 2. The van der Waals surface area contributed by atoms with Gasteiger partial charge < -0.3 is 4.90 Å². The summed E-state index contributed by atoms with van der Waals surface area (Å²) in [5.41, 5.74) is 2.97. The fraction of sp³-hybridized carbons (Fsp3) is 0.375. The number of benzene rings is 1. The number of amides is 2. The number of aryl methyl sites for hydroxylation is 2. The summed E-state index contributed by atoms with van der Waals surface area (Å²) in [6, 6.07) is 5.98. The molecule has 4 heterocycles. The summed E-state index contributed by atoms with van der Waals surface area (Å²) in [6.45, 7) is 2.77. The van der Waals surface area contributed by atoms with E-state index >= 15 is 0 Å². The number of nitrogens with zero attached hydrogens (tertiary/aromatic N) is 6. The Morgan fingerprint density at radius 3 is 2.85 bits per heavy atom. The van der Waals surface area contributed by atoms with Crippen LogP contribution in [-0.2, 0) is 24.8 Å². The summed E-state index contributed by atoms with van der Waals surface area (Å²) in [5.74, 6) is 0.619. The van der Waals surface area contributed by atoms with Crippen molar-refractivity contribution in [2.24, 2.45) is 7.05 Å². The molecule has 0 spiro atoms. The zero-order valence-corrected chi connectivity index (χ0v) is 18.7. The SMILES string of the molecule is Cc1nc([C@H]2CCCN2C(=O)c2cnn(C)c2)nc2c1CCC(=O)N2Cc1cccc(F)c1. The molecule has 1 aromatic carbocycles. The molecule has 2 amide bonds. The summed E-state index contributed by atoms with van der Waals surface area (Å²) in [4.78, 5) is 39.0. The van der Waals surface area contributed by atoms with Gasteiger partial charge in [-0.2, -0.15) is 5.10 Å². The van der Waals surface area contributed by atoms with Crippen molar-refractivity contribution in [2.45, 2.75) is 45.2 Å². The van der Waals surface area contributed by atoms with Gasteiger partial charge in [0, 0.05) is 37.5 Å². The molecule has 5 rings (SSSR count). The van der Waals surface area contributed by atoms with Crippen LogP contribution in [0.4, 0.5) is 10.2 Å². The van der Waals surface area contributed by atoms with Gasteiger partial charge in [-0.05, 0) is 43.9 Å². The highest BCUT2D eigenvalue weighted by Gasteiger charge is 2.35. The van der Waals surface area contributed by atoms with E-state index in [9.17, 15) is 14.0 Å². The number of anilines is 1. The molecule has 2 aromatic heterocycles. The molecule has 0 N–H and O–H groups in total. The molecule has 8 nitrogen and oxygen atoms in total. The fourth-order valence-corrected chi connectivity index (χ4v) is 4.71. The van der Waals surface area contributed by atoms with Crippen molar-refractivity contribution in [1.29, 1.82) is 0 Å². The molecule has 1 fully saturated rings. The summed E-state index contributed by atoms with van der Waals surface area (Å²) < 4.78 is 15.3. The second kappa shape index (κ2) is 8.38. The standard InChI is InChI=1S/C24H25FN6O2/c1-15-19-8-9-21(32)31(13-16-5-3-6-18(25)11-16)23(19)28-22(27-15)20-7-4-10-30(20)24(33)17-12-26-29(2)14-17/h3,5-6,11-12,14,20H,4,7-10,13H2,1-2H3/t20-/m1/s1. The van der Waals surface area contributed by atoms with Crippen molar-refractivity contribution in [3.05, 3.63) is 70.7 Å². The molecule has 0 unspecified atom stereocenters. The smallest absolute Gasteiger partial charge is 0.257 e. The van der Waals surface area contributed by atoms with E-state index in [4.69, 9.17) is 9.97 Å². The lowest BCUT2D eigenvalue weighted by Crippen LogP contribution is -2.37. The van der Waals surface area contributed by atoms with Gasteiger partial charge in [-0.25, -0.2) is 14.4 Å². The van der Waals surface area contributed by atoms with Crippen LogP contribution < -0.4 is 4.90 Å². The second-order valence-electron chi connectivity index (χ2n) is 8.64. The number of carbonyl (C=O) groups excluding carboxylic acids is 2. The molecule has 2 aliphatic heterocycles. The number of aromatic nitrogens is 4. The van der Waals surface area contributed by atoms with Crippen molar-refractivity contribution >= 4 is 17.6 Å². The number of rotatable bonds is 4. The Morgan fingerprint density at radius 1 is 1.24 bits per heavy atom. The molecule has 3 aromatic rings. The van der Waals surface area contributed by atoms with Gasteiger partial charge in [-0.15, -0.1) is 0 Å². The molecule has 170 valence electrons. The minimum absolute atomic E-state index is 0.0504. The number of likely N-dealkylation sites (tertiary alicyclic amines) is 1. The lowest BCUT2D eigenvalue weighted by molar-refractivity contribution is -0.119. The molecule has 0 aliphatic carbocycles. The van der Waals surface area contributed by atoms with Gasteiger partial charge in [-0.3, -0.25) is 19.2 Å². The number of halogens is 1. The molecule has 2 aliphatic rings. The molecule has 1 saturated heterocycles. The summed E-state index contributed by atoms with van der Waals surface area (Å²) in [5, 5.41) is 4.11. The topological polar surface area (TPSA) is 84.2 Å². The van der Waals surface area contributed by atoms with Gasteiger partial charge in [0.25, 0.3) is 5.91 Å². The first-order chi connectivity index (χ1) is 15.9. The van der Waals surface area contributed by atoms with Crippen molar-refractivity contribution in [2.75, 3.05) is 11.4 Å². The van der Waals surface area contributed by atoms with Crippen LogP contribution in [0, 0.1) is 12.7 Å². The number of hydrogen-bond donors (Lipinski definition) is 0. The fourth-order valence-electron chi connectivity index (χ4n) is 4.71. The maximum absolute atomic E-state index is 13.7. The quantitative estimate of drug-likeness (QED) is 0.612. The largest absolute Gasteiger partial charge is 0.328 e. The molecule has 0 bridgehead atoms. The molecular weight excluding hydrogens is 423 g/mol. The number of fused-ring (bicyclic) bond motifs is 1. The van der Waals surface area contributed by atoms with E-state index in [0.717, 1.165) is 24.1 Å². The monoisotopic (exact) mass is 448 g/mol. The predicted molar refractivity (Wildman–Crippen MR) is 119 cm³/mol. The van der Waals surface area contributed by atoms with Crippen molar-refractivity contribution < 1.29 is 14.0 Å². The second-order valence-corrected chi connectivity index (χ2v) is 8.64. The third-order valence-corrected chi connectivity index (χ3v) is 6.35. The van der Waals surface area contributed by atoms with Crippen molar-refractivity contribution in [1.82, 2.24) is 24.6 Å². The van der Waals surface area contributed by atoms with E-state index in [1.807, 2.05) is 6.92 Å². The Labute approximate surface area is 191 Å². The maximum atomic E-state index is 13.7. The Balaban J connectivity index is 1.50.